The normalized spacial score (nSPS) is 10.9. The van der Waals surface area contributed by atoms with E-state index >= 15 is 0 Å². The summed E-state index contributed by atoms with van der Waals surface area (Å²) in [6, 6.07) is 0. The van der Waals surface area contributed by atoms with Crippen LogP contribution < -0.4 is 0 Å². The van der Waals surface area contributed by atoms with Crippen LogP contribution in [0.2, 0.25) is 0 Å². The maximum Gasteiger partial charge on any atom is 1.20 e. The van der Waals surface area contributed by atoms with E-state index in [0.717, 1.165) is 25.7 Å². The van der Waals surface area contributed by atoms with E-state index < -0.39 is 39.5 Å². The second kappa shape index (κ2) is 25.0. The highest BCUT2D eigenvalue weighted by molar-refractivity contribution is 6.44. The van der Waals surface area contributed by atoms with E-state index in [1.807, 2.05) is 0 Å². The van der Waals surface area contributed by atoms with Gasteiger partial charge in [0.2, 0.25) is 0 Å². The molecule has 0 bridgehead atoms. The maximum absolute atomic E-state index is 12.0. The Balaban J connectivity index is 3.73. The van der Waals surface area contributed by atoms with Gasteiger partial charge in [0.05, 0.1) is 0 Å². The first-order valence-electron chi connectivity index (χ1n) is 14.2. The first kappa shape index (κ1) is 34.4. The van der Waals surface area contributed by atoms with Crippen molar-refractivity contribution < 1.29 is 30.5 Å². The summed E-state index contributed by atoms with van der Waals surface area (Å²) in [4.78, 5) is 46.9. The lowest BCUT2D eigenvalue weighted by Gasteiger charge is -2.12. The minimum absolute atomic E-state index is 0.0695. The van der Waals surface area contributed by atoms with Crippen LogP contribution in [-0.4, -0.2) is 38.8 Å². The van der Waals surface area contributed by atoms with Gasteiger partial charge in [0.1, 0.15) is 12.2 Å². The number of carbonyl (C=O) groups is 4. The Bertz CT molecular complexity index is 615. The Morgan fingerprint density at radius 1 is 0.556 bits per heavy atom. The van der Waals surface area contributed by atoms with E-state index in [9.17, 15) is 19.2 Å². The van der Waals surface area contributed by atoms with Gasteiger partial charge in [0.15, 0.2) is 0 Å². The first-order valence-corrected chi connectivity index (χ1v) is 15.6. The summed E-state index contributed by atoms with van der Waals surface area (Å²) in [5, 5.41) is 0. The van der Waals surface area contributed by atoms with E-state index in [2.05, 4.69) is 19.1 Å². The monoisotopic (exact) mass is 524 g/mol. The molecule has 0 rings (SSSR count). The highest BCUT2D eigenvalue weighted by Crippen LogP contribution is 2.12. The summed E-state index contributed by atoms with van der Waals surface area (Å²) < 4.78 is 14.8. The van der Waals surface area contributed by atoms with E-state index in [-0.39, 0.29) is 18.6 Å². The van der Waals surface area contributed by atoms with Crippen molar-refractivity contribution in [3.05, 3.63) is 12.2 Å². The summed E-state index contributed by atoms with van der Waals surface area (Å²) in [6.07, 6.45) is 22.8. The largest absolute Gasteiger partial charge is 1.20 e. The molecule has 0 saturated heterocycles. The molecule has 206 valence electrons. The van der Waals surface area contributed by atoms with Crippen LogP contribution in [0, 0.1) is 0 Å². The lowest BCUT2D eigenvalue weighted by molar-refractivity contribution is -0.148. The highest BCUT2D eigenvalue weighted by Gasteiger charge is 2.48. The molecule has 0 atom stereocenters. The quantitative estimate of drug-likeness (QED) is 0.0570. The summed E-state index contributed by atoms with van der Waals surface area (Å²) in [5.41, 5.74) is 0. The summed E-state index contributed by atoms with van der Waals surface area (Å²) in [6.45, 7) is 5.41. The fourth-order valence-corrected chi connectivity index (χ4v) is 4.80. The van der Waals surface area contributed by atoms with Gasteiger partial charge in [0, 0.05) is 19.3 Å². The van der Waals surface area contributed by atoms with Gasteiger partial charge in [-0.3, -0.25) is 19.2 Å². The molecule has 0 amide bonds. The van der Waals surface area contributed by atoms with Crippen LogP contribution in [-0.2, 0) is 30.5 Å². The van der Waals surface area contributed by atoms with E-state index in [1.165, 1.54) is 70.6 Å². The molecule has 0 heterocycles. The van der Waals surface area contributed by atoms with Crippen molar-refractivity contribution in [2.24, 2.45) is 0 Å². The Kier molecular flexibility index (Phi) is 23.9. The second-order valence-electron chi connectivity index (χ2n) is 9.22. The third-order valence-corrected chi connectivity index (χ3v) is 7.19. The van der Waals surface area contributed by atoms with Crippen molar-refractivity contribution in [2.75, 3.05) is 0 Å². The molecule has 7 nitrogen and oxygen atoms in total. The predicted molar refractivity (Wildman–Crippen MR) is 143 cm³/mol. The maximum atomic E-state index is 12.0. The fraction of sp³-hybridized carbons (Fsp3) is 0.786. The van der Waals surface area contributed by atoms with E-state index in [4.69, 9.17) is 11.4 Å². The van der Waals surface area contributed by atoms with Gasteiger partial charge in [-0.25, -0.2) is 0 Å². The molecule has 0 spiro atoms. The van der Waals surface area contributed by atoms with Crippen molar-refractivity contribution >= 4 is 38.8 Å². The number of carbonyl (C=O) groups excluding carboxylic acids is 4. The topological polar surface area (TPSA) is 96.0 Å². The third-order valence-electron chi connectivity index (χ3n) is 5.82. The number of hydrogen-bond donors (Lipinski definition) is 0. The van der Waals surface area contributed by atoms with Gasteiger partial charge in [-0.05, 0) is 32.1 Å². The molecular weight excluding hydrogens is 475 g/mol. The van der Waals surface area contributed by atoms with Gasteiger partial charge in [-0.1, -0.05) is 97.1 Å². The molecule has 0 unspecified atom stereocenters. The zero-order valence-electron chi connectivity index (χ0n) is 23.0. The molecule has 0 fully saturated rings. The Morgan fingerprint density at radius 2 is 0.972 bits per heavy atom. The zero-order valence-corrected chi connectivity index (χ0v) is 24.2. The Morgan fingerprint density at radius 3 is 1.44 bits per heavy atom. The van der Waals surface area contributed by atoms with Gasteiger partial charge in [0.25, 0.3) is 17.9 Å². The van der Waals surface area contributed by atoms with Gasteiger partial charge in [-0.2, -0.15) is 0 Å². The van der Waals surface area contributed by atoms with Crippen LogP contribution in [0.3, 0.4) is 0 Å². The van der Waals surface area contributed by atoms with Crippen LogP contribution in [0.25, 0.3) is 0 Å². The SMILES string of the molecule is CCCCCCCCC=CCCCCCCCCCC(=O)CC(=O)[O][Al]([O]C(=O)CC)[O]C(=O)CC. The minimum Gasteiger partial charge on any atom is -0.551 e. The molecule has 0 aliphatic heterocycles. The lowest BCUT2D eigenvalue weighted by Crippen LogP contribution is -2.35. The fourth-order valence-electron chi connectivity index (χ4n) is 3.60. The van der Waals surface area contributed by atoms with Crippen molar-refractivity contribution in [2.45, 2.75) is 143 Å². The highest BCUT2D eigenvalue weighted by atomic mass is 27.3. The minimum atomic E-state index is -3.27. The average Bonchev–Trinajstić information content (AvgIpc) is 2.85. The number of ketones is 1. The summed E-state index contributed by atoms with van der Waals surface area (Å²) in [5.74, 6) is -2.26. The van der Waals surface area contributed by atoms with Crippen LogP contribution in [0.4, 0.5) is 0 Å². The molecule has 0 saturated carbocycles. The molecule has 0 aromatic heterocycles. The number of rotatable bonds is 24. The van der Waals surface area contributed by atoms with Crippen molar-refractivity contribution in [1.82, 2.24) is 0 Å². The second-order valence-corrected chi connectivity index (χ2v) is 10.5. The molecule has 36 heavy (non-hydrogen) atoms. The Hall–Kier alpha value is -1.65. The standard InChI is InChI=1S/C22H40O3.2C3H6O2.Al/c1-2-3-4-5-6-7-8-9-10-11-12-13-14-15-16-17-18-19-21(23)20-22(24)25;2*1-2-3(4)5;/h9-10H,2-8,11-20H2,1H3,(H,24,25);2*2H2,1H3,(H,4,5);/q;;;+3/p-3. The van der Waals surface area contributed by atoms with Crippen molar-refractivity contribution in [3.8, 4) is 0 Å². The molecule has 0 radical (unpaired) electrons. The van der Waals surface area contributed by atoms with Gasteiger partial charge >= 0.3 is 15.1 Å². The van der Waals surface area contributed by atoms with E-state index in [0.29, 0.717) is 6.42 Å². The lowest BCUT2D eigenvalue weighted by atomic mass is 10.0. The molecule has 0 aromatic rings. The number of allylic oxidation sites excluding steroid dienone is 2. The van der Waals surface area contributed by atoms with Gasteiger partial charge in [-0.15, -0.1) is 0 Å². The first-order chi connectivity index (χ1) is 17.4. The molecule has 0 N–H and O–H groups in total. The van der Waals surface area contributed by atoms with Crippen LogP contribution in [0.15, 0.2) is 12.2 Å². The van der Waals surface area contributed by atoms with E-state index in [1.54, 1.807) is 13.8 Å². The summed E-state index contributed by atoms with van der Waals surface area (Å²) in [7, 11) is 0. The smallest absolute Gasteiger partial charge is 0.551 e. The van der Waals surface area contributed by atoms with Gasteiger partial charge < -0.3 is 11.4 Å². The molecule has 8 heteroatoms. The molecular formula is C28H49AlO7. The van der Waals surface area contributed by atoms with Crippen LogP contribution in [0.5, 0.6) is 0 Å². The number of unbranched alkanes of at least 4 members (excludes halogenated alkanes) is 13. The molecule has 0 aliphatic carbocycles. The summed E-state index contributed by atoms with van der Waals surface area (Å²) >= 11 is -3.27. The average molecular weight is 525 g/mol. The molecule has 0 aliphatic rings. The number of Topliss-reactive ketones (excluding diaryl/α,β-unsaturated/α-hetero) is 1. The predicted octanol–water partition coefficient (Wildman–Crippen LogP) is 7.20. The number of hydrogen-bond acceptors (Lipinski definition) is 7. The third kappa shape index (κ3) is 22.8. The Labute approximate surface area is 224 Å². The van der Waals surface area contributed by atoms with Crippen molar-refractivity contribution in [1.29, 1.82) is 0 Å². The zero-order chi connectivity index (χ0) is 26.9. The van der Waals surface area contributed by atoms with Crippen LogP contribution in [0.1, 0.15) is 143 Å². The van der Waals surface area contributed by atoms with Crippen molar-refractivity contribution in [3.63, 3.8) is 0 Å². The molecule has 0 aromatic carbocycles. The van der Waals surface area contributed by atoms with Crippen LogP contribution >= 0.6 is 0 Å².